The van der Waals surface area contributed by atoms with E-state index in [4.69, 9.17) is 0 Å². The molecule has 1 aromatic carbocycles. The van der Waals surface area contributed by atoms with Gasteiger partial charge >= 0.3 is 0 Å². The fourth-order valence-corrected chi connectivity index (χ4v) is 2.47. The summed E-state index contributed by atoms with van der Waals surface area (Å²) in [5.41, 5.74) is 2.03. The highest BCUT2D eigenvalue weighted by Crippen LogP contribution is 2.15. The summed E-state index contributed by atoms with van der Waals surface area (Å²) in [5.74, 6) is 0.167. The van der Waals surface area contributed by atoms with Gasteiger partial charge < -0.3 is 0 Å². The van der Waals surface area contributed by atoms with Gasteiger partial charge in [-0.05, 0) is 49.6 Å². The highest BCUT2D eigenvalue weighted by Gasteiger charge is 2.09. The summed E-state index contributed by atoms with van der Waals surface area (Å²) in [6.07, 6.45) is 6.56. The molecule has 0 fully saturated rings. The van der Waals surface area contributed by atoms with Crippen molar-refractivity contribution in [2.45, 2.75) is 11.3 Å². The standard InChI is InChI=1S/C17H20N2OS/c1-19(12-9-14-7-10-18-11-8-14)13-17(20)15-3-5-16(21-2)6-4-15/h3-8,10-11H,9,12-13H2,1-2H3. The molecule has 1 heterocycles. The topological polar surface area (TPSA) is 33.2 Å². The van der Waals surface area contributed by atoms with Crippen molar-refractivity contribution in [1.29, 1.82) is 0 Å². The van der Waals surface area contributed by atoms with Gasteiger partial charge in [-0.1, -0.05) is 12.1 Å². The molecule has 1 aromatic heterocycles. The average Bonchev–Trinajstić information content (AvgIpc) is 2.54. The predicted molar refractivity (Wildman–Crippen MR) is 88.0 cm³/mol. The van der Waals surface area contributed by atoms with Crippen LogP contribution in [0.2, 0.25) is 0 Å². The zero-order chi connectivity index (χ0) is 15.1. The minimum absolute atomic E-state index is 0.167. The molecular weight excluding hydrogens is 280 g/mol. The van der Waals surface area contributed by atoms with Crippen molar-refractivity contribution in [3.63, 3.8) is 0 Å². The van der Waals surface area contributed by atoms with Crippen molar-refractivity contribution in [2.24, 2.45) is 0 Å². The molecule has 0 saturated carbocycles. The first kappa shape index (κ1) is 15.7. The number of carbonyl (C=O) groups is 1. The van der Waals surface area contributed by atoms with Gasteiger partial charge in [-0.3, -0.25) is 14.7 Å². The van der Waals surface area contributed by atoms with Crippen molar-refractivity contribution in [3.8, 4) is 0 Å². The number of benzene rings is 1. The third-order valence-electron chi connectivity index (χ3n) is 3.36. The van der Waals surface area contributed by atoms with Gasteiger partial charge in [0.25, 0.3) is 0 Å². The SMILES string of the molecule is CSc1ccc(C(=O)CN(C)CCc2ccncc2)cc1. The lowest BCUT2D eigenvalue weighted by molar-refractivity contribution is 0.0947. The van der Waals surface area contributed by atoms with Crippen molar-refractivity contribution in [3.05, 3.63) is 59.9 Å². The summed E-state index contributed by atoms with van der Waals surface area (Å²) < 4.78 is 0. The molecule has 0 saturated heterocycles. The third kappa shape index (κ3) is 4.99. The first-order valence-corrected chi connectivity index (χ1v) is 8.16. The minimum Gasteiger partial charge on any atom is -0.299 e. The lowest BCUT2D eigenvalue weighted by Crippen LogP contribution is -2.28. The van der Waals surface area contributed by atoms with Crippen LogP contribution >= 0.6 is 11.8 Å². The molecule has 0 unspecified atom stereocenters. The molecule has 0 spiro atoms. The molecule has 0 radical (unpaired) electrons. The number of pyridine rings is 1. The van der Waals surface area contributed by atoms with E-state index >= 15 is 0 Å². The molecule has 110 valence electrons. The highest BCUT2D eigenvalue weighted by molar-refractivity contribution is 7.98. The van der Waals surface area contributed by atoms with Gasteiger partial charge in [0.15, 0.2) is 5.78 Å². The Morgan fingerprint density at radius 2 is 1.81 bits per heavy atom. The van der Waals surface area contributed by atoms with Gasteiger partial charge in [-0.25, -0.2) is 0 Å². The van der Waals surface area contributed by atoms with Gasteiger partial charge in [-0.15, -0.1) is 11.8 Å². The molecule has 0 atom stereocenters. The molecule has 21 heavy (non-hydrogen) atoms. The van der Waals surface area contributed by atoms with Gasteiger partial charge in [0.05, 0.1) is 6.54 Å². The number of ketones is 1. The van der Waals surface area contributed by atoms with Crippen LogP contribution in [0.3, 0.4) is 0 Å². The quantitative estimate of drug-likeness (QED) is 0.581. The Bertz CT molecular complexity index is 569. The zero-order valence-electron chi connectivity index (χ0n) is 12.5. The monoisotopic (exact) mass is 300 g/mol. The fraction of sp³-hybridized carbons (Fsp3) is 0.294. The maximum absolute atomic E-state index is 12.2. The van der Waals surface area contributed by atoms with Crippen LogP contribution in [0.15, 0.2) is 53.7 Å². The van der Waals surface area contributed by atoms with E-state index < -0.39 is 0 Å². The van der Waals surface area contributed by atoms with Crippen LogP contribution in [0.4, 0.5) is 0 Å². The Morgan fingerprint density at radius 3 is 2.43 bits per heavy atom. The fourth-order valence-electron chi connectivity index (χ4n) is 2.06. The number of thioether (sulfide) groups is 1. The van der Waals surface area contributed by atoms with Crippen molar-refractivity contribution < 1.29 is 4.79 Å². The summed E-state index contributed by atoms with van der Waals surface area (Å²) in [6.45, 7) is 1.31. The largest absolute Gasteiger partial charge is 0.299 e. The molecule has 3 nitrogen and oxygen atoms in total. The minimum atomic E-state index is 0.167. The molecule has 0 aliphatic carbocycles. The number of Topliss-reactive ketones (excluding diaryl/α,β-unsaturated/α-hetero) is 1. The molecular formula is C17H20N2OS. The second kappa shape index (κ2) is 7.96. The molecule has 2 rings (SSSR count). The average molecular weight is 300 g/mol. The smallest absolute Gasteiger partial charge is 0.176 e. The molecule has 0 aliphatic rings. The van der Waals surface area contributed by atoms with E-state index in [1.807, 2.05) is 49.7 Å². The predicted octanol–water partition coefficient (Wildman–Crippen LogP) is 3.16. The Labute approximate surface area is 130 Å². The lowest BCUT2D eigenvalue weighted by Gasteiger charge is -2.15. The first-order valence-electron chi connectivity index (χ1n) is 6.94. The van der Waals surface area contributed by atoms with Gasteiger partial charge in [0.1, 0.15) is 0 Å². The Balaban J connectivity index is 1.83. The zero-order valence-corrected chi connectivity index (χ0v) is 13.3. The first-order chi connectivity index (χ1) is 10.2. The number of nitrogens with zero attached hydrogens (tertiary/aromatic N) is 2. The summed E-state index contributed by atoms with van der Waals surface area (Å²) in [6, 6.07) is 11.8. The van der Waals surface area contributed by atoms with E-state index in [0.717, 1.165) is 18.5 Å². The summed E-state index contributed by atoms with van der Waals surface area (Å²) in [7, 11) is 1.98. The second-order valence-corrected chi connectivity index (χ2v) is 5.87. The van der Waals surface area contributed by atoms with Crippen LogP contribution in [0.25, 0.3) is 0 Å². The third-order valence-corrected chi connectivity index (χ3v) is 4.10. The van der Waals surface area contributed by atoms with E-state index in [0.29, 0.717) is 6.54 Å². The highest BCUT2D eigenvalue weighted by atomic mass is 32.2. The molecule has 0 amide bonds. The van der Waals surface area contributed by atoms with Crippen molar-refractivity contribution in [2.75, 3.05) is 26.4 Å². The molecule has 0 aliphatic heterocycles. The summed E-state index contributed by atoms with van der Waals surface area (Å²) >= 11 is 1.68. The van der Waals surface area contributed by atoms with Gasteiger partial charge in [0.2, 0.25) is 0 Å². The number of hydrogen-bond donors (Lipinski definition) is 0. The Kier molecular flexibility index (Phi) is 5.96. The number of hydrogen-bond acceptors (Lipinski definition) is 4. The molecule has 0 N–H and O–H groups in total. The maximum Gasteiger partial charge on any atom is 0.176 e. The normalized spacial score (nSPS) is 10.8. The van der Waals surface area contributed by atoms with Crippen molar-refractivity contribution in [1.82, 2.24) is 9.88 Å². The Morgan fingerprint density at radius 1 is 1.14 bits per heavy atom. The van der Waals surface area contributed by atoms with Gasteiger partial charge in [0, 0.05) is 29.4 Å². The van der Waals surface area contributed by atoms with Crippen molar-refractivity contribution >= 4 is 17.5 Å². The number of aromatic nitrogens is 1. The molecule has 0 bridgehead atoms. The lowest BCUT2D eigenvalue weighted by atomic mass is 10.1. The molecule has 4 heteroatoms. The van der Waals surface area contributed by atoms with E-state index in [9.17, 15) is 4.79 Å². The van der Waals surface area contributed by atoms with Crippen LogP contribution in [0, 0.1) is 0 Å². The van der Waals surface area contributed by atoms with E-state index in [1.165, 1.54) is 10.5 Å². The van der Waals surface area contributed by atoms with Gasteiger partial charge in [-0.2, -0.15) is 0 Å². The molecule has 2 aromatic rings. The van der Waals surface area contributed by atoms with Crippen LogP contribution in [-0.2, 0) is 6.42 Å². The Hall–Kier alpha value is -1.65. The second-order valence-electron chi connectivity index (χ2n) is 4.99. The van der Waals surface area contributed by atoms with Crippen LogP contribution < -0.4 is 0 Å². The van der Waals surface area contributed by atoms with E-state index in [1.54, 1.807) is 24.2 Å². The van der Waals surface area contributed by atoms with Crippen LogP contribution in [0.5, 0.6) is 0 Å². The number of likely N-dealkylation sites (N-methyl/N-ethyl adjacent to an activating group) is 1. The number of rotatable bonds is 7. The van der Waals surface area contributed by atoms with Crippen LogP contribution in [0.1, 0.15) is 15.9 Å². The summed E-state index contributed by atoms with van der Waals surface area (Å²) in [4.78, 5) is 19.5. The number of carbonyl (C=O) groups excluding carboxylic acids is 1. The van der Waals surface area contributed by atoms with E-state index in [-0.39, 0.29) is 5.78 Å². The summed E-state index contributed by atoms with van der Waals surface area (Å²) in [5, 5.41) is 0. The maximum atomic E-state index is 12.2. The van der Waals surface area contributed by atoms with Crippen LogP contribution in [-0.4, -0.2) is 42.1 Å². The van der Waals surface area contributed by atoms with E-state index in [2.05, 4.69) is 9.88 Å².